The number of hydrogen-bond donors (Lipinski definition) is 0. The van der Waals surface area contributed by atoms with Crippen molar-refractivity contribution in [1.82, 2.24) is 4.90 Å². The van der Waals surface area contributed by atoms with Gasteiger partial charge in [-0.25, -0.2) is 0 Å². The van der Waals surface area contributed by atoms with Gasteiger partial charge in [-0.2, -0.15) is 0 Å². The van der Waals surface area contributed by atoms with E-state index < -0.39 is 0 Å². The molecular formula is C32H46N2O2. The Labute approximate surface area is 219 Å². The van der Waals surface area contributed by atoms with Gasteiger partial charge < -0.3 is 9.47 Å². The third-order valence-corrected chi connectivity index (χ3v) is 7.52. The Hall–Kier alpha value is -2.43. The van der Waals surface area contributed by atoms with E-state index in [0.717, 1.165) is 62.6 Å². The van der Waals surface area contributed by atoms with Gasteiger partial charge in [0, 0.05) is 50.5 Å². The van der Waals surface area contributed by atoms with Crippen LogP contribution in [0.3, 0.4) is 0 Å². The predicted octanol–water partition coefficient (Wildman–Crippen LogP) is 7.07. The van der Waals surface area contributed by atoms with Crippen LogP contribution in [0.4, 0.5) is 0 Å². The lowest BCUT2D eigenvalue weighted by atomic mass is 9.95. The molecule has 1 fully saturated rings. The van der Waals surface area contributed by atoms with Crippen LogP contribution in [-0.4, -0.2) is 43.5 Å². The average molecular weight is 491 g/mol. The molecule has 0 N–H and O–H groups in total. The van der Waals surface area contributed by atoms with Crippen molar-refractivity contribution in [3.63, 3.8) is 0 Å². The third-order valence-electron chi connectivity index (χ3n) is 7.52. The molecule has 196 valence electrons. The van der Waals surface area contributed by atoms with E-state index in [1.807, 2.05) is 26.1 Å². The van der Waals surface area contributed by atoms with Crippen LogP contribution in [0.1, 0.15) is 64.2 Å². The van der Waals surface area contributed by atoms with Crippen LogP contribution in [0.15, 0.2) is 71.0 Å². The summed E-state index contributed by atoms with van der Waals surface area (Å²) >= 11 is 0. The van der Waals surface area contributed by atoms with E-state index in [9.17, 15) is 0 Å². The largest absolute Gasteiger partial charge is 0.493 e. The molecule has 4 heteroatoms. The molecule has 1 aromatic rings. The van der Waals surface area contributed by atoms with Gasteiger partial charge in [0.1, 0.15) is 12.4 Å². The molecule has 2 aliphatic rings. The van der Waals surface area contributed by atoms with Gasteiger partial charge in [0.25, 0.3) is 0 Å². The zero-order valence-corrected chi connectivity index (χ0v) is 23.3. The quantitative estimate of drug-likeness (QED) is 0.189. The maximum Gasteiger partial charge on any atom is 0.113 e. The van der Waals surface area contributed by atoms with Crippen molar-refractivity contribution in [2.45, 2.75) is 73.1 Å². The molecule has 0 saturated carbocycles. The average Bonchev–Trinajstić information content (AvgIpc) is 3.43. The Morgan fingerprint density at radius 3 is 2.75 bits per heavy atom. The first kappa shape index (κ1) is 28.1. The maximum absolute atomic E-state index is 6.37. The second-order valence-corrected chi connectivity index (χ2v) is 10.4. The number of allylic oxidation sites excluding steroid dienone is 8. The third kappa shape index (κ3) is 8.04. The van der Waals surface area contributed by atoms with Crippen molar-refractivity contribution in [2.75, 3.05) is 26.8 Å². The van der Waals surface area contributed by atoms with Gasteiger partial charge >= 0.3 is 0 Å². The molecule has 2 aliphatic heterocycles. The smallest absolute Gasteiger partial charge is 0.113 e. The fourth-order valence-electron chi connectivity index (χ4n) is 4.69. The molecule has 3 rings (SSSR count). The van der Waals surface area contributed by atoms with Crippen molar-refractivity contribution in [2.24, 2.45) is 16.8 Å². The molecule has 0 aromatic heterocycles. The fraction of sp³-hybridized carbons (Fsp3) is 0.531. The minimum atomic E-state index is 0.487. The number of ether oxygens (including phenoxy) is 2. The summed E-state index contributed by atoms with van der Waals surface area (Å²) < 4.78 is 12.0. The topological polar surface area (TPSA) is 34.1 Å². The van der Waals surface area contributed by atoms with E-state index >= 15 is 0 Å². The lowest BCUT2D eigenvalue weighted by Crippen LogP contribution is -2.39. The predicted molar refractivity (Wildman–Crippen MR) is 152 cm³/mol. The highest BCUT2D eigenvalue weighted by Gasteiger charge is 2.26. The van der Waals surface area contributed by atoms with Crippen LogP contribution in [0.2, 0.25) is 0 Å². The van der Waals surface area contributed by atoms with E-state index in [4.69, 9.17) is 9.47 Å². The van der Waals surface area contributed by atoms with E-state index in [1.54, 1.807) is 0 Å². The normalized spacial score (nSPS) is 21.1. The van der Waals surface area contributed by atoms with Gasteiger partial charge in [-0.3, -0.25) is 9.89 Å². The molecule has 36 heavy (non-hydrogen) atoms. The second kappa shape index (κ2) is 14.3. The second-order valence-electron chi connectivity index (χ2n) is 10.4. The first-order valence-electron chi connectivity index (χ1n) is 13.6. The van der Waals surface area contributed by atoms with Gasteiger partial charge in [-0.15, -0.1) is 0 Å². The lowest BCUT2D eigenvalue weighted by molar-refractivity contribution is 0.135. The zero-order chi connectivity index (χ0) is 25.9. The fourth-order valence-corrected chi connectivity index (χ4v) is 4.69. The van der Waals surface area contributed by atoms with Crippen molar-refractivity contribution in [1.29, 1.82) is 0 Å². The monoisotopic (exact) mass is 490 g/mol. The standard InChI is InChI=1S/C32H46N2O2/c1-7-8-9-10-11-32(33-6)31(15-12-25(4)24(2)3)26(5)36-22-27-13-14-29-21-34(18-16-28(29)20-27)30-17-19-35-23-30/h7-10,12-15,20,24-25,30H,11,16-19,21-23H2,1-6H3/b8-7-,10-9-,15-12-,31-26-,33-32?. The van der Waals surface area contributed by atoms with E-state index in [2.05, 4.69) is 80.1 Å². The molecule has 2 unspecified atom stereocenters. The van der Waals surface area contributed by atoms with Crippen LogP contribution in [-0.2, 0) is 29.0 Å². The van der Waals surface area contributed by atoms with E-state index in [1.165, 1.54) is 16.7 Å². The summed E-state index contributed by atoms with van der Waals surface area (Å²) in [6, 6.07) is 7.45. The van der Waals surface area contributed by atoms with E-state index in [0.29, 0.717) is 24.5 Å². The number of rotatable bonds is 11. The van der Waals surface area contributed by atoms with Gasteiger partial charge in [-0.1, -0.05) is 75.4 Å². The summed E-state index contributed by atoms with van der Waals surface area (Å²) in [4.78, 5) is 7.21. The summed E-state index contributed by atoms with van der Waals surface area (Å²) in [6.45, 7) is 15.4. The minimum absolute atomic E-state index is 0.487. The molecule has 0 radical (unpaired) electrons. The van der Waals surface area contributed by atoms with Crippen LogP contribution in [0.5, 0.6) is 0 Å². The van der Waals surface area contributed by atoms with Crippen molar-refractivity contribution in [3.8, 4) is 0 Å². The van der Waals surface area contributed by atoms with Gasteiger partial charge in [0.15, 0.2) is 0 Å². The van der Waals surface area contributed by atoms with Crippen molar-refractivity contribution >= 4 is 5.71 Å². The Bertz CT molecular complexity index is 993. The highest BCUT2D eigenvalue weighted by atomic mass is 16.5. The maximum atomic E-state index is 6.37. The minimum Gasteiger partial charge on any atom is -0.493 e. The molecule has 2 heterocycles. The summed E-state index contributed by atoms with van der Waals surface area (Å²) in [5.41, 5.74) is 6.27. The van der Waals surface area contributed by atoms with Crippen LogP contribution >= 0.6 is 0 Å². The molecule has 4 nitrogen and oxygen atoms in total. The summed E-state index contributed by atoms with van der Waals surface area (Å²) in [5, 5.41) is 0. The Morgan fingerprint density at radius 2 is 2.06 bits per heavy atom. The molecule has 0 spiro atoms. The van der Waals surface area contributed by atoms with Crippen LogP contribution in [0, 0.1) is 11.8 Å². The Morgan fingerprint density at radius 1 is 1.22 bits per heavy atom. The molecule has 0 aliphatic carbocycles. The first-order chi connectivity index (χ1) is 17.4. The summed E-state index contributed by atoms with van der Waals surface area (Å²) in [6.07, 6.45) is 15.8. The SMILES string of the molecule is C/C=C\C=C/CC(=NC)C(/C=C\C(C)C(C)C)=C(/C)OCc1ccc2c(c1)CCN(C1CCOC1)C2. The Balaban J connectivity index is 1.72. The zero-order valence-electron chi connectivity index (χ0n) is 23.3. The van der Waals surface area contributed by atoms with Crippen LogP contribution < -0.4 is 0 Å². The summed E-state index contributed by atoms with van der Waals surface area (Å²) in [5.74, 6) is 2.00. The number of aliphatic imine (C=N–C) groups is 1. The molecule has 1 aromatic carbocycles. The van der Waals surface area contributed by atoms with Gasteiger partial charge in [0.2, 0.25) is 0 Å². The lowest BCUT2D eigenvalue weighted by Gasteiger charge is -2.33. The summed E-state index contributed by atoms with van der Waals surface area (Å²) in [7, 11) is 1.87. The van der Waals surface area contributed by atoms with Crippen LogP contribution in [0.25, 0.3) is 0 Å². The molecular weight excluding hydrogens is 444 g/mol. The number of fused-ring (bicyclic) bond motifs is 1. The molecule has 2 atom stereocenters. The molecule has 0 bridgehead atoms. The van der Waals surface area contributed by atoms with Gasteiger partial charge in [0.05, 0.1) is 6.61 Å². The van der Waals surface area contributed by atoms with Crippen molar-refractivity contribution in [3.05, 3.63) is 82.7 Å². The Kier molecular flexibility index (Phi) is 11.2. The van der Waals surface area contributed by atoms with E-state index in [-0.39, 0.29) is 0 Å². The molecule has 0 amide bonds. The number of nitrogens with zero attached hydrogens (tertiary/aromatic N) is 2. The molecule has 1 saturated heterocycles. The highest BCUT2D eigenvalue weighted by molar-refractivity contribution is 6.03. The first-order valence-corrected chi connectivity index (χ1v) is 13.6. The number of benzene rings is 1. The number of hydrogen-bond acceptors (Lipinski definition) is 4. The van der Waals surface area contributed by atoms with Crippen molar-refractivity contribution < 1.29 is 9.47 Å². The van der Waals surface area contributed by atoms with Gasteiger partial charge in [-0.05, 0) is 55.2 Å². The highest BCUT2D eigenvalue weighted by Crippen LogP contribution is 2.25.